The Morgan fingerprint density at radius 1 is 0.597 bits per heavy atom. The van der Waals surface area contributed by atoms with Crippen LogP contribution in [0.25, 0.3) is 34.3 Å². The van der Waals surface area contributed by atoms with E-state index in [9.17, 15) is 48.3 Å². The van der Waals surface area contributed by atoms with Crippen LogP contribution < -0.4 is 14.2 Å². The molecular weight excluding hydrogens is 1020 g/mol. The van der Waals surface area contributed by atoms with E-state index in [-0.39, 0.29) is 54.4 Å². The molecule has 0 spiro atoms. The summed E-state index contributed by atoms with van der Waals surface area (Å²) in [6, 6.07) is 19.5. The summed E-state index contributed by atoms with van der Waals surface area (Å²) in [4.78, 5) is 7.05. The molecule has 62 heavy (non-hydrogen) atoms. The van der Waals surface area contributed by atoms with Crippen molar-refractivity contribution in [3.63, 3.8) is 0 Å². The largest absolute Gasteiger partial charge is 0.429 e. The molecule has 8 nitrogen and oxygen atoms in total. The summed E-state index contributed by atoms with van der Waals surface area (Å²) >= 11 is 0. The van der Waals surface area contributed by atoms with Crippen LogP contribution in [0.15, 0.2) is 85.1 Å². The van der Waals surface area contributed by atoms with Gasteiger partial charge in [0.2, 0.25) is 0 Å². The minimum atomic E-state index is -4.57. The van der Waals surface area contributed by atoms with Gasteiger partial charge in [-0.15, -0.1) is 24.3 Å². The number of nitrogens with zero attached hydrogens (tertiary/aromatic N) is 8. The monoisotopic (exact) mass is 1040 g/mol. The summed E-state index contributed by atoms with van der Waals surface area (Å²) in [7, 11) is 0. The van der Waals surface area contributed by atoms with E-state index in [0.717, 1.165) is 48.5 Å². The van der Waals surface area contributed by atoms with Gasteiger partial charge in [-0.25, -0.2) is 17.6 Å². The van der Waals surface area contributed by atoms with Gasteiger partial charge in [-0.1, -0.05) is 6.07 Å². The molecule has 323 valence electrons. The molecule has 0 unspecified atom stereocenters. The average Bonchev–Trinajstić information content (AvgIpc) is 3.90. The summed E-state index contributed by atoms with van der Waals surface area (Å²) in [6.07, 6.45) is 2.43. The number of alkyl halides is 3. The van der Waals surface area contributed by atoms with E-state index < -0.39 is 58.5 Å². The summed E-state index contributed by atoms with van der Waals surface area (Å²) in [6.45, 7) is 6.74. The molecule has 0 aliphatic carbocycles. The van der Waals surface area contributed by atoms with Gasteiger partial charge in [0, 0.05) is 73.1 Å². The molecule has 8 rings (SSSR count). The Labute approximate surface area is 359 Å². The van der Waals surface area contributed by atoms with Crippen molar-refractivity contribution in [3.05, 3.63) is 185 Å². The maximum atomic E-state index is 14.0. The fourth-order valence-corrected chi connectivity index (χ4v) is 5.56. The van der Waals surface area contributed by atoms with Crippen LogP contribution >= 0.6 is 0 Å². The van der Waals surface area contributed by atoms with E-state index in [0.29, 0.717) is 22.8 Å². The van der Waals surface area contributed by atoms with Crippen LogP contribution in [-0.2, 0) is 26.3 Å². The second-order valence-electron chi connectivity index (χ2n) is 12.8. The van der Waals surface area contributed by atoms with Gasteiger partial charge in [0.15, 0.2) is 0 Å². The first-order valence-corrected chi connectivity index (χ1v) is 17.4. The number of hydrogen-bond donors (Lipinski definition) is 0. The van der Waals surface area contributed by atoms with E-state index >= 15 is 0 Å². The van der Waals surface area contributed by atoms with E-state index in [1.165, 1.54) is 42.7 Å². The van der Waals surface area contributed by atoms with Crippen LogP contribution in [-0.4, -0.2) is 24.2 Å². The van der Waals surface area contributed by atoms with Gasteiger partial charge >= 0.3 is 6.18 Å². The van der Waals surface area contributed by atoms with Crippen molar-refractivity contribution in [2.24, 2.45) is 0 Å². The summed E-state index contributed by atoms with van der Waals surface area (Å²) in [5, 5.41) is 6.25. The molecule has 4 heterocycles. The molecule has 0 aliphatic heterocycles. The van der Waals surface area contributed by atoms with Crippen LogP contribution in [0, 0.1) is 99.0 Å². The zero-order valence-electron chi connectivity index (χ0n) is 32.2. The Morgan fingerprint density at radius 3 is 1.42 bits per heavy atom. The maximum Gasteiger partial charge on any atom is 0.429 e. The van der Waals surface area contributed by atoms with Crippen molar-refractivity contribution < 1.29 is 77.5 Å². The number of rotatable bonds is 5. The molecule has 20 heteroatoms. The van der Waals surface area contributed by atoms with Crippen LogP contribution in [0.2, 0.25) is 0 Å². The smallest absolute Gasteiger partial charge is 0.413 e. The van der Waals surface area contributed by atoms with Gasteiger partial charge in [-0.2, -0.15) is 25.3 Å². The Kier molecular flexibility index (Phi) is 14.3. The number of aromatic nitrogens is 8. The predicted molar refractivity (Wildman–Crippen MR) is 192 cm³/mol. The minimum Gasteiger partial charge on any atom is -0.413 e. The van der Waals surface area contributed by atoms with Crippen molar-refractivity contribution >= 4 is 0 Å². The van der Waals surface area contributed by atoms with Gasteiger partial charge in [0.1, 0.15) is 40.5 Å². The Morgan fingerprint density at radius 2 is 1.05 bits per heavy atom. The van der Waals surface area contributed by atoms with Gasteiger partial charge in [0.05, 0.1) is 17.1 Å². The first-order valence-electron chi connectivity index (χ1n) is 17.4. The Bertz CT molecular complexity index is 2560. The second-order valence-corrected chi connectivity index (χ2v) is 12.8. The molecule has 0 saturated heterocycles. The molecule has 0 N–H and O–H groups in total. The molecule has 4 aromatic heterocycles. The van der Waals surface area contributed by atoms with Crippen LogP contribution in [0.5, 0.6) is 0 Å². The topological polar surface area (TPSA) is 70.4 Å². The molecule has 8 aromatic rings. The molecule has 0 atom stereocenters. The number of hydrogen-bond acceptors (Lipinski definition) is 3. The number of imidazole rings is 2. The van der Waals surface area contributed by atoms with Crippen LogP contribution in [0.4, 0.5) is 48.3 Å². The van der Waals surface area contributed by atoms with Crippen molar-refractivity contribution in [1.82, 2.24) is 29.3 Å². The fraction of sp³-hybridized carbons (Fsp3) is 0.119. The average molecular weight is 1040 g/mol. The van der Waals surface area contributed by atoms with E-state index in [2.05, 4.69) is 45.0 Å². The summed E-state index contributed by atoms with van der Waals surface area (Å²) < 4.78 is 150. The molecule has 0 saturated carbocycles. The first kappa shape index (κ1) is 46.5. The van der Waals surface area contributed by atoms with Gasteiger partial charge < -0.3 is 19.2 Å². The van der Waals surface area contributed by atoms with Crippen LogP contribution in [0.1, 0.15) is 28.6 Å². The first-order chi connectivity index (χ1) is 28.8. The quantitative estimate of drug-likeness (QED) is 0.0986. The molecule has 1 radical (unpaired) electrons. The third kappa shape index (κ3) is 10.1. The maximum absolute atomic E-state index is 14.0. The summed E-state index contributed by atoms with van der Waals surface area (Å²) in [5.74, 6) is -7.42. The van der Waals surface area contributed by atoms with Crippen molar-refractivity contribution in [3.8, 4) is 34.3 Å². The number of benzene rings is 4. The number of pyridine rings is 1. The minimum absolute atomic E-state index is 0. The normalized spacial score (nSPS) is 11.0. The van der Waals surface area contributed by atoms with Gasteiger partial charge in [-0.05, 0) is 81.3 Å². The zero-order chi connectivity index (χ0) is 44.3. The van der Waals surface area contributed by atoms with E-state index in [1.807, 2.05) is 0 Å². The SMILES string of the molecule is Cc1c(C)[n+](-c2ccc(F)cc2F)[c-]n1-c1[c-]cc(F)cc1F.Cc1c(C)[n+](-c2ccc(F)cc2F)[c-]n1-c1[c-]cc(F)cc1F.FC(F)(F)c1n[n-]c(-c2ccccn2)n1.[Ir]. The molecule has 0 amide bonds. The molecule has 0 fully saturated rings. The third-order valence-corrected chi connectivity index (χ3v) is 8.81. The number of halogens is 11. The van der Waals surface area contributed by atoms with Gasteiger partial charge in [-0.3, -0.25) is 36.8 Å². The van der Waals surface area contributed by atoms with E-state index in [1.54, 1.807) is 39.8 Å². The van der Waals surface area contributed by atoms with Crippen molar-refractivity contribution in [1.29, 1.82) is 0 Å². The Hall–Kier alpha value is -6.53. The van der Waals surface area contributed by atoms with Gasteiger partial charge in [0.25, 0.3) is 12.7 Å². The zero-order valence-corrected chi connectivity index (χ0v) is 34.5. The third-order valence-electron chi connectivity index (χ3n) is 8.81. The molecule has 0 aliphatic rings. The predicted octanol–water partition coefficient (Wildman–Crippen LogP) is 8.57. The Balaban J connectivity index is 0.000000178. The van der Waals surface area contributed by atoms with E-state index in [4.69, 9.17) is 0 Å². The molecule has 0 bridgehead atoms. The summed E-state index contributed by atoms with van der Waals surface area (Å²) in [5.41, 5.74) is 2.63. The standard InChI is InChI=1S/2C17H11F4N2.C8H4F3N4.Ir/c2*1-10-11(2)23(17-6-4-13(19)8-15(17)21)9-22(10)16-5-3-12(18)7-14(16)20;9-8(10,11)7-13-6(14-15-7)5-3-1-2-4-12-5;/h2*3-5,7-8H,1-2H3;1-4H;/q3*-1;. The molecule has 4 aromatic carbocycles. The second kappa shape index (κ2) is 19.0. The van der Waals surface area contributed by atoms with Crippen LogP contribution in [0.3, 0.4) is 0 Å². The van der Waals surface area contributed by atoms with Crippen molar-refractivity contribution in [2.75, 3.05) is 0 Å². The molecular formula is C42H26F11IrN8-3. The van der Waals surface area contributed by atoms with Crippen molar-refractivity contribution in [2.45, 2.75) is 33.9 Å². The fourth-order valence-electron chi connectivity index (χ4n) is 5.56.